The second kappa shape index (κ2) is 6.03. The molecule has 2 saturated carbocycles. The number of nitrogens with zero attached hydrogens (tertiary/aromatic N) is 4. The van der Waals surface area contributed by atoms with Crippen LogP contribution in [0, 0.1) is 12.8 Å². The van der Waals surface area contributed by atoms with E-state index in [-0.39, 0.29) is 11.9 Å². The van der Waals surface area contributed by atoms with Crippen LogP contribution in [0.3, 0.4) is 0 Å². The normalized spacial score (nSPS) is 23.6. The zero-order chi connectivity index (χ0) is 16.7. The Labute approximate surface area is 141 Å². The molecule has 0 spiro atoms. The van der Waals surface area contributed by atoms with Gasteiger partial charge in [0, 0.05) is 25.4 Å². The van der Waals surface area contributed by atoms with E-state index in [9.17, 15) is 4.79 Å². The van der Waals surface area contributed by atoms with Gasteiger partial charge in [-0.25, -0.2) is 4.98 Å². The first-order valence-electron chi connectivity index (χ1n) is 8.83. The average molecular weight is 328 g/mol. The number of aromatic nitrogens is 4. The van der Waals surface area contributed by atoms with Gasteiger partial charge in [-0.2, -0.15) is 0 Å². The van der Waals surface area contributed by atoms with Gasteiger partial charge in [0.25, 0.3) is 0 Å². The number of hydrogen-bond acceptors (Lipinski definition) is 5. The zero-order valence-electron chi connectivity index (χ0n) is 14.2. The summed E-state index contributed by atoms with van der Waals surface area (Å²) in [7, 11) is 1.87. The summed E-state index contributed by atoms with van der Waals surface area (Å²) in [5, 5.41) is 15.0. The molecule has 2 aromatic rings. The minimum Gasteiger partial charge on any atom is -0.372 e. The summed E-state index contributed by atoms with van der Waals surface area (Å²) in [5.74, 6) is 3.01. The average Bonchev–Trinajstić information content (AvgIpc) is 3.09. The largest absolute Gasteiger partial charge is 0.372 e. The highest BCUT2D eigenvalue weighted by Crippen LogP contribution is 2.35. The van der Waals surface area contributed by atoms with Crippen molar-refractivity contribution >= 4 is 17.4 Å². The van der Waals surface area contributed by atoms with Gasteiger partial charge in [-0.05, 0) is 44.9 Å². The maximum absolute atomic E-state index is 12.0. The van der Waals surface area contributed by atoms with Gasteiger partial charge in [-0.3, -0.25) is 9.20 Å². The quantitative estimate of drug-likeness (QED) is 0.877. The number of fused-ring (bicyclic) bond motifs is 1. The summed E-state index contributed by atoms with van der Waals surface area (Å²) in [6, 6.07) is 0.263. The highest BCUT2D eigenvalue weighted by Gasteiger charge is 2.32. The maximum Gasteiger partial charge on any atom is 0.220 e. The van der Waals surface area contributed by atoms with Gasteiger partial charge in [0.05, 0.1) is 11.9 Å². The van der Waals surface area contributed by atoms with E-state index < -0.39 is 0 Å². The Morgan fingerprint density at radius 1 is 1.29 bits per heavy atom. The van der Waals surface area contributed by atoms with Crippen molar-refractivity contribution in [1.82, 2.24) is 24.9 Å². The van der Waals surface area contributed by atoms with Crippen LogP contribution >= 0.6 is 0 Å². The smallest absolute Gasteiger partial charge is 0.220 e. The van der Waals surface area contributed by atoms with Gasteiger partial charge in [0.1, 0.15) is 11.6 Å². The van der Waals surface area contributed by atoms with Crippen LogP contribution in [0.1, 0.15) is 56.0 Å². The van der Waals surface area contributed by atoms with Gasteiger partial charge in [0.15, 0.2) is 5.65 Å². The second-order valence-electron chi connectivity index (χ2n) is 7.12. The third-order valence-electron chi connectivity index (χ3n) is 5.27. The molecule has 24 heavy (non-hydrogen) atoms. The first kappa shape index (κ1) is 15.4. The number of amides is 1. The Morgan fingerprint density at radius 2 is 2.12 bits per heavy atom. The van der Waals surface area contributed by atoms with Crippen molar-refractivity contribution in [2.75, 3.05) is 12.4 Å². The lowest BCUT2D eigenvalue weighted by Gasteiger charge is -2.14. The second-order valence-corrected chi connectivity index (χ2v) is 7.12. The lowest BCUT2D eigenvalue weighted by atomic mass is 10.1. The predicted molar refractivity (Wildman–Crippen MR) is 90.9 cm³/mol. The molecule has 2 heterocycles. The minimum atomic E-state index is 0.215. The van der Waals surface area contributed by atoms with Crippen LogP contribution in [-0.4, -0.2) is 38.6 Å². The standard InChI is InChI=1S/C17H24N6O/c1-10-16(18-2)19-9-14-21-22-17(23(10)14)12-5-6-13(8-12)20-15(24)7-11-3-4-11/h9,11-13,18H,3-8H2,1-2H3,(H,20,24)/t12-,13+/m1/s1. The summed E-state index contributed by atoms with van der Waals surface area (Å²) < 4.78 is 2.10. The van der Waals surface area contributed by atoms with Crippen LogP contribution in [0.5, 0.6) is 0 Å². The van der Waals surface area contributed by atoms with Crippen molar-refractivity contribution in [3.8, 4) is 0 Å². The highest BCUT2D eigenvalue weighted by molar-refractivity contribution is 5.76. The van der Waals surface area contributed by atoms with E-state index in [2.05, 4.69) is 30.2 Å². The monoisotopic (exact) mass is 328 g/mol. The van der Waals surface area contributed by atoms with E-state index in [1.165, 1.54) is 12.8 Å². The van der Waals surface area contributed by atoms with Gasteiger partial charge in [-0.1, -0.05) is 0 Å². The molecule has 2 atom stereocenters. The molecule has 2 fully saturated rings. The Kier molecular flexibility index (Phi) is 3.86. The van der Waals surface area contributed by atoms with E-state index in [0.29, 0.717) is 18.3 Å². The number of carbonyl (C=O) groups is 1. The van der Waals surface area contributed by atoms with Gasteiger partial charge in [0.2, 0.25) is 5.91 Å². The molecule has 0 saturated heterocycles. The molecule has 1 amide bonds. The molecular weight excluding hydrogens is 304 g/mol. The molecule has 7 nitrogen and oxygen atoms in total. The topological polar surface area (TPSA) is 84.2 Å². The number of carbonyl (C=O) groups excluding carboxylic acids is 1. The Hall–Kier alpha value is -2.18. The molecule has 2 aliphatic carbocycles. The number of rotatable bonds is 5. The van der Waals surface area contributed by atoms with E-state index in [4.69, 9.17) is 0 Å². The molecule has 0 aliphatic heterocycles. The summed E-state index contributed by atoms with van der Waals surface area (Å²) >= 11 is 0. The summed E-state index contributed by atoms with van der Waals surface area (Å²) in [5.41, 5.74) is 1.80. The Balaban J connectivity index is 1.50. The lowest BCUT2D eigenvalue weighted by Crippen LogP contribution is -2.33. The van der Waals surface area contributed by atoms with Crippen LogP contribution in [-0.2, 0) is 4.79 Å². The minimum absolute atomic E-state index is 0.215. The molecule has 0 radical (unpaired) electrons. The van der Waals surface area contributed by atoms with Gasteiger partial charge >= 0.3 is 0 Å². The number of hydrogen-bond donors (Lipinski definition) is 2. The molecule has 0 unspecified atom stereocenters. The van der Waals surface area contributed by atoms with E-state index >= 15 is 0 Å². The SMILES string of the molecule is CNc1ncc2nnc([C@@H]3CC[C@H](NC(=O)CC4CC4)C3)n2c1C. The van der Waals surface area contributed by atoms with Crippen LogP contribution in [0.4, 0.5) is 5.82 Å². The van der Waals surface area contributed by atoms with Crippen molar-refractivity contribution in [3.63, 3.8) is 0 Å². The first-order chi connectivity index (χ1) is 11.7. The van der Waals surface area contributed by atoms with Crippen molar-refractivity contribution in [2.24, 2.45) is 5.92 Å². The maximum atomic E-state index is 12.0. The molecule has 4 rings (SSSR count). The third kappa shape index (κ3) is 2.83. The van der Waals surface area contributed by atoms with Crippen molar-refractivity contribution in [2.45, 2.75) is 57.4 Å². The summed E-state index contributed by atoms with van der Waals surface area (Å²) in [6.07, 6.45) is 7.87. The van der Waals surface area contributed by atoms with E-state index in [1.54, 1.807) is 6.20 Å². The van der Waals surface area contributed by atoms with E-state index in [0.717, 1.165) is 42.2 Å². The van der Waals surface area contributed by atoms with Gasteiger partial charge in [-0.15, -0.1) is 10.2 Å². The van der Waals surface area contributed by atoms with Crippen LogP contribution in [0.2, 0.25) is 0 Å². The summed E-state index contributed by atoms with van der Waals surface area (Å²) in [4.78, 5) is 16.4. The number of anilines is 1. The third-order valence-corrected chi connectivity index (χ3v) is 5.27. The van der Waals surface area contributed by atoms with Crippen LogP contribution in [0.25, 0.3) is 5.65 Å². The fourth-order valence-corrected chi connectivity index (χ4v) is 3.79. The van der Waals surface area contributed by atoms with Crippen LogP contribution < -0.4 is 10.6 Å². The fourth-order valence-electron chi connectivity index (χ4n) is 3.79. The zero-order valence-corrected chi connectivity index (χ0v) is 14.2. The number of nitrogens with one attached hydrogen (secondary N) is 2. The number of aryl methyl sites for hydroxylation is 1. The molecule has 2 aromatic heterocycles. The van der Waals surface area contributed by atoms with Crippen LogP contribution in [0.15, 0.2) is 6.20 Å². The van der Waals surface area contributed by atoms with Crippen molar-refractivity contribution < 1.29 is 4.79 Å². The summed E-state index contributed by atoms with van der Waals surface area (Å²) in [6.45, 7) is 2.03. The Bertz CT molecular complexity index is 766. The first-order valence-corrected chi connectivity index (χ1v) is 8.83. The highest BCUT2D eigenvalue weighted by atomic mass is 16.1. The molecule has 7 heteroatoms. The molecular formula is C17H24N6O. The molecule has 128 valence electrons. The molecule has 2 N–H and O–H groups in total. The molecule has 2 aliphatic rings. The Morgan fingerprint density at radius 3 is 2.88 bits per heavy atom. The molecule has 0 aromatic carbocycles. The van der Waals surface area contributed by atoms with Gasteiger partial charge < -0.3 is 10.6 Å². The van der Waals surface area contributed by atoms with E-state index in [1.807, 2.05) is 14.0 Å². The van der Waals surface area contributed by atoms with Crippen molar-refractivity contribution in [1.29, 1.82) is 0 Å². The fraction of sp³-hybridized carbons (Fsp3) is 0.647. The predicted octanol–water partition coefficient (Wildman–Crippen LogP) is 2.03. The van der Waals surface area contributed by atoms with Crippen molar-refractivity contribution in [3.05, 3.63) is 17.7 Å². The lowest BCUT2D eigenvalue weighted by molar-refractivity contribution is -0.122. The molecule has 0 bridgehead atoms.